The fourth-order valence-corrected chi connectivity index (χ4v) is 5.76. The van der Waals surface area contributed by atoms with Crippen molar-refractivity contribution in [2.75, 3.05) is 55.7 Å². The van der Waals surface area contributed by atoms with Crippen molar-refractivity contribution >= 4 is 29.5 Å². The van der Waals surface area contributed by atoms with E-state index in [1.807, 2.05) is 17.2 Å². The third-order valence-corrected chi connectivity index (χ3v) is 8.54. The minimum atomic E-state index is -4.75. The summed E-state index contributed by atoms with van der Waals surface area (Å²) in [6.45, 7) is 4.49. The molecule has 0 saturated carbocycles. The lowest BCUT2D eigenvalue weighted by Crippen LogP contribution is -2.57. The number of esters is 1. The Kier molecular flexibility index (Phi) is 13.0. The zero-order valence-electron chi connectivity index (χ0n) is 27.0. The number of nitriles is 2. The number of nitrogens with zero attached hydrogens (tertiary/aromatic N) is 7. The molecule has 13 nitrogen and oxygen atoms in total. The van der Waals surface area contributed by atoms with Crippen LogP contribution in [0.15, 0.2) is 34.4 Å². The van der Waals surface area contributed by atoms with Crippen LogP contribution < -0.4 is 25.8 Å². The van der Waals surface area contributed by atoms with Crippen LogP contribution in [0.25, 0.3) is 0 Å². The van der Waals surface area contributed by atoms with Gasteiger partial charge in [0, 0.05) is 50.9 Å². The van der Waals surface area contributed by atoms with E-state index >= 15 is 0 Å². The number of alkyl halides is 3. The van der Waals surface area contributed by atoms with E-state index in [0.29, 0.717) is 77.9 Å². The summed E-state index contributed by atoms with van der Waals surface area (Å²) in [6, 6.07) is 3.06. The number of aliphatic imine (C=N–C) groups is 1. The maximum absolute atomic E-state index is 13.9. The molecule has 1 amide bonds. The summed E-state index contributed by atoms with van der Waals surface area (Å²) in [5.41, 5.74) is 1.86. The molecule has 3 heterocycles. The van der Waals surface area contributed by atoms with Crippen LogP contribution in [0.4, 0.5) is 24.8 Å². The van der Waals surface area contributed by atoms with Gasteiger partial charge in [0.1, 0.15) is 17.7 Å². The Morgan fingerprint density at radius 2 is 1.83 bits per heavy atom. The third-order valence-electron chi connectivity index (χ3n) is 8.54. The molecule has 48 heavy (non-hydrogen) atoms. The number of rotatable bonds is 13. The Morgan fingerprint density at radius 1 is 1.06 bits per heavy atom. The van der Waals surface area contributed by atoms with Gasteiger partial charge in [0.15, 0.2) is 6.19 Å². The number of amides is 1. The van der Waals surface area contributed by atoms with Crippen molar-refractivity contribution in [2.45, 2.75) is 70.5 Å². The Hall–Kier alpha value is -4.86. The van der Waals surface area contributed by atoms with Crippen molar-refractivity contribution in [1.82, 2.24) is 25.9 Å². The van der Waals surface area contributed by atoms with E-state index in [-0.39, 0.29) is 48.4 Å². The number of ether oxygens (including phenoxy) is 1. The van der Waals surface area contributed by atoms with Gasteiger partial charge in [-0.25, -0.2) is 9.97 Å². The number of piperidine rings is 1. The molecule has 2 saturated heterocycles. The molecule has 1 aromatic rings. The zero-order chi connectivity index (χ0) is 34.5. The zero-order valence-corrected chi connectivity index (χ0v) is 27.0. The van der Waals surface area contributed by atoms with Crippen molar-refractivity contribution in [2.24, 2.45) is 10.9 Å². The van der Waals surface area contributed by atoms with E-state index in [9.17, 15) is 22.8 Å². The summed E-state index contributed by atoms with van der Waals surface area (Å²) < 4.78 is 46.5. The first-order valence-electron chi connectivity index (χ1n) is 16.2. The smallest absolute Gasteiger partial charge is 0.451 e. The third kappa shape index (κ3) is 10.3. The molecule has 0 bridgehead atoms. The summed E-state index contributed by atoms with van der Waals surface area (Å²) in [5.74, 6) is -1.06. The molecule has 4 rings (SSSR count). The van der Waals surface area contributed by atoms with Gasteiger partial charge in [0.2, 0.25) is 17.7 Å². The van der Waals surface area contributed by atoms with Crippen LogP contribution >= 0.6 is 0 Å². The molecule has 2 aliphatic heterocycles. The average Bonchev–Trinajstić information content (AvgIpc) is 3.04. The Morgan fingerprint density at radius 3 is 2.46 bits per heavy atom. The number of carbonyl (C=O) groups excluding carboxylic acids is 2. The molecule has 3 aliphatic rings. The van der Waals surface area contributed by atoms with Crippen molar-refractivity contribution in [3.8, 4) is 12.3 Å². The van der Waals surface area contributed by atoms with Crippen LogP contribution in [0.2, 0.25) is 0 Å². The van der Waals surface area contributed by atoms with Crippen LogP contribution in [0.5, 0.6) is 0 Å². The van der Waals surface area contributed by atoms with Gasteiger partial charge in [-0.3, -0.25) is 19.9 Å². The lowest BCUT2D eigenvalue weighted by atomic mass is 9.93. The molecule has 3 N–H and O–H groups in total. The Bertz CT molecular complexity index is 1470. The van der Waals surface area contributed by atoms with Crippen LogP contribution in [0, 0.1) is 28.7 Å². The van der Waals surface area contributed by atoms with E-state index in [1.54, 1.807) is 17.9 Å². The largest absolute Gasteiger partial charge is 0.466 e. The van der Waals surface area contributed by atoms with E-state index < -0.39 is 18.0 Å². The maximum Gasteiger partial charge on any atom is 0.451 e. The highest BCUT2D eigenvalue weighted by Crippen LogP contribution is 2.34. The predicted molar refractivity (Wildman–Crippen MR) is 171 cm³/mol. The molecule has 0 unspecified atom stereocenters. The number of nitrogens with one attached hydrogen (secondary N) is 3. The Balaban J connectivity index is 1.31. The number of aromatic nitrogens is 2. The predicted octanol–water partition coefficient (Wildman–Crippen LogP) is 3.33. The molecular weight excluding hydrogens is 629 g/mol. The molecule has 0 spiro atoms. The first kappa shape index (κ1) is 36.0. The lowest BCUT2D eigenvalue weighted by molar-refractivity contribution is -0.145. The van der Waals surface area contributed by atoms with E-state index in [1.165, 1.54) is 6.07 Å². The summed E-state index contributed by atoms with van der Waals surface area (Å²) in [7, 11) is 0. The number of carbonyl (C=O) groups is 2. The van der Waals surface area contributed by atoms with Gasteiger partial charge < -0.3 is 25.2 Å². The SMILES string of the molecule is CCOC(=O)CCNC(=NCCC1CCN(c2cc(N3CC[C@H]3C(=O)NCCC3=CC=C(C#N)CC3)nc(C(F)(F)F)n2)CC1)NC#N. The number of allylic oxidation sites excluding steroid dienone is 3. The van der Waals surface area contributed by atoms with Gasteiger partial charge in [-0.2, -0.15) is 23.7 Å². The second-order valence-electron chi connectivity index (χ2n) is 11.7. The van der Waals surface area contributed by atoms with Crippen molar-refractivity contribution in [1.29, 1.82) is 10.5 Å². The molecule has 0 radical (unpaired) electrons. The highest BCUT2D eigenvalue weighted by atomic mass is 19.4. The average molecular weight is 671 g/mol. The molecule has 16 heteroatoms. The van der Waals surface area contributed by atoms with Crippen molar-refractivity contribution < 1.29 is 27.5 Å². The first-order chi connectivity index (χ1) is 23.1. The fraction of sp³-hybridized carbons (Fsp3) is 0.594. The first-order valence-corrected chi connectivity index (χ1v) is 16.2. The number of guanidine groups is 1. The summed E-state index contributed by atoms with van der Waals surface area (Å²) in [4.78, 5) is 40.0. The van der Waals surface area contributed by atoms with E-state index in [4.69, 9.17) is 15.3 Å². The second kappa shape index (κ2) is 17.3. The van der Waals surface area contributed by atoms with Gasteiger partial charge in [-0.15, -0.1) is 0 Å². The molecule has 258 valence electrons. The molecular formula is C32H41F3N10O3. The molecule has 2 fully saturated rings. The maximum atomic E-state index is 13.9. The normalized spacial score (nSPS) is 18.5. The summed E-state index contributed by atoms with van der Waals surface area (Å²) in [6.07, 6.45) is 5.62. The number of hydrogen-bond donors (Lipinski definition) is 3. The number of hydrogen-bond acceptors (Lipinski definition) is 10. The minimum Gasteiger partial charge on any atom is -0.466 e. The molecule has 1 aromatic heterocycles. The number of anilines is 2. The lowest BCUT2D eigenvalue weighted by Gasteiger charge is -2.41. The van der Waals surface area contributed by atoms with Crippen LogP contribution in [0.1, 0.15) is 64.1 Å². The Labute approximate surface area is 277 Å². The standard InChI is InChI=1S/C32H41F3N10O3/c1-2-48-28(46)9-15-40-31(41-21-37)39-14-8-23-10-16-44(17-11-23)26-19-27(43-30(42-26)32(33,34)35)45-18-12-25(45)29(47)38-13-7-22-3-5-24(20-36)6-4-22/h3,5,19,23,25H,2,4,6-18H2,1H3,(H,38,47)(H2,39,40,41)/t25-/m0/s1. The van der Waals surface area contributed by atoms with Gasteiger partial charge in [0.25, 0.3) is 0 Å². The van der Waals surface area contributed by atoms with Crippen molar-refractivity contribution in [3.63, 3.8) is 0 Å². The van der Waals surface area contributed by atoms with Gasteiger partial charge in [-0.05, 0) is 63.9 Å². The fourth-order valence-electron chi connectivity index (χ4n) is 5.76. The van der Waals surface area contributed by atoms with E-state index in [0.717, 1.165) is 17.6 Å². The topological polar surface area (TPSA) is 172 Å². The van der Waals surface area contributed by atoms with Crippen LogP contribution in [0.3, 0.4) is 0 Å². The van der Waals surface area contributed by atoms with Gasteiger partial charge >= 0.3 is 12.1 Å². The molecule has 0 aromatic carbocycles. The second-order valence-corrected chi connectivity index (χ2v) is 11.7. The highest BCUT2D eigenvalue weighted by molar-refractivity contribution is 5.86. The van der Waals surface area contributed by atoms with E-state index in [2.05, 4.69) is 37.0 Å². The van der Waals surface area contributed by atoms with Crippen molar-refractivity contribution in [3.05, 3.63) is 35.2 Å². The molecule has 1 aliphatic carbocycles. The number of halogens is 3. The monoisotopic (exact) mass is 670 g/mol. The molecule has 1 atom stereocenters. The van der Waals surface area contributed by atoms with Crippen LogP contribution in [-0.2, 0) is 20.5 Å². The quantitative estimate of drug-likeness (QED) is 0.0925. The minimum absolute atomic E-state index is 0.0762. The van der Waals surface area contributed by atoms with Gasteiger partial charge in [0.05, 0.1) is 19.1 Å². The van der Waals surface area contributed by atoms with Crippen LogP contribution in [-0.4, -0.2) is 79.7 Å². The summed E-state index contributed by atoms with van der Waals surface area (Å²) >= 11 is 0. The van der Waals surface area contributed by atoms with Gasteiger partial charge in [-0.1, -0.05) is 11.6 Å². The summed E-state index contributed by atoms with van der Waals surface area (Å²) in [5, 5.41) is 26.3. The highest BCUT2D eigenvalue weighted by Gasteiger charge is 2.40.